The van der Waals surface area contributed by atoms with Gasteiger partial charge in [-0.25, -0.2) is 19.4 Å². The monoisotopic (exact) mass is 369 g/mol. The summed E-state index contributed by atoms with van der Waals surface area (Å²) in [5.74, 6) is 1.20. The molecule has 5 rings (SSSR count). The Hall–Kier alpha value is -3.11. The molecule has 0 radical (unpaired) electrons. The second kappa shape index (κ2) is 7.49. The Labute approximate surface area is 165 Å². The van der Waals surface area contributed by atoms with E-state index in [9.17, 15) is 0 Å². The number of fused-ring (bicyclic) bond motifs is 3. The van der Waals surface area contributed by atoms with E-state index in [1.807, 2.05) is 0 Å². The minimum Gasteiger partial charge on any atom is -0.247 e. The summed E-state index contributed by atoms with van der Waals surface area (Å²) in [7, 11) is 0. The molecule has 140 valence electrons. The van der Waals surface area contributed by atoms with Crippen molar-refractivity contribution in [3.05, 3.63) is 96.1 Å². The number of hydrogen-bond acceptors (Lipinski definition) is 2. The Morgan fingerprint density at radius 3 is 2.25 bits per heavy atom. The van der Waals surface area contributed by atoms with Crippen molar-refractivity contribution >= 4 is 17.0 Å². The zero-order valence-electron chi connectivity index (χ0n) is 16.0. The SMILES string of the molecule is c1ccc(CCN2CN(Cc3ccccc3)c3[nH]c4ccccc4[n+]3C2)cc1. The highest BCUT2D eigenvalue weighted by atomic mass is 15.5. The van der Waals surface area contributed by atoms with E-state index in [0.29, 0.717) is 0 Å². The van der Waals surface area contributed by atoms with E-state index < -0.39 is 0 Å². The van der Waals surface area contributed by atoms with Gasteiger partial charge in [0.15, 0.2) is 0 Å². The molecule has 1 N–H and O–H groups in total. The third-order valence-electron chi connectivity index (χ3n) is 5.48. The first-order chi connectivity index (χ1) is 13.9. The van der Waals surface area contributed by atoms with Crippen LogP contribution in [0.25, 0.3) is 11.0 Å². The number of nitrogens with one attached hydrogen (secondary N) is 1. The van der Waals surface area contributed by atoms with Gasteiger partial charge in [-0.3, -0.25) is 0 Å². The van der Waals surface area contributed by atoms with E-state index in [1.54, 1.807) is 0 Å². The number of benzene rings is 3. The number of anilines is 1. The molecule has 0 bridgehead atoms. The molecule has 0 atom stereocenters. The predicted molar refractivity (Wildman–Crippen MR) is 113 cm³/mol. The van der Waals surface area contributed by atoms with Crippen LogP contribution in [0.5, 0.6) is 0 Å². The van der Waals surface area contributed by atoms with E-state index in [1.165, 1.54) is 28.1 Å². The highest BCUT2D eigenvalue weighted by Crippen LogP contribution is 2.21. The lowest BCUT2D eigenvalue weighted by molar-refractivity contribution is -0.685. The molecule has 0 saturated carbocycles. The van der Waals surface area contributed by atoms with Crippen LogP contribution in [0.2, 0.25) is 0 Å². The molecule has 2 heterocycles. The third-order valence-corrected chi connectivity index (χ3v) is 5.48. The highest BCUT2D eigenvalue weighted by molar-refractivity contribution is 5.73. The lowest BCUT2D eigenvalue weighted by Gasteiger charge is -2.31. The summed E-state index contributed by atoms with van der Waals surface area (Å²) in [5.41, 5.74) is 5.19. The fourth-order valence-electron chi connectivity index (χ4n) is 4.06. The first-order valence-electron chi connectivity index (χ1n) is 9.92. The standard InChI is InChI=1S/C24H24N4/c1-3-9-20(10-4-1)15-16-26-18-27(17-21-11-5-2-6-12-21)24-25-22-13-7-8-14-23(22)28(24)19-26/h1-14H,15-19H2/p+1. The molecule has 0 fully saturated rings. The summed E-state index contributed by atoms with van der Waals surface area (Å²) < 4.78 is 2.41. The Balaban J connectivity index is 1.44. The fourth-order valence-corrected chi connectivity index (χ4v) is 4.06. The van der Waals surface area contributed by atoms with Crippen LogP contribution in [0, 0.1) is 0 Å². The van der Waals surface area contributed by atoms with E-state index >= 15 is 0 Å². The number of imidazole rings is 1. The quantitative estimate of drug-likeness (QED) is 0.540. The molecule has 0 amide bonds. The summed E-state index contributed by atoms with van der Waals surface area (Å²) in [4.78, 5) is 8.62. The Kier molecular flexibility index (Phi) is 4.55. The van der Waals surface area contributed by atoms with Gasteiger partial charge in [0.25, 0.3) is 0 Å². The zero-order chi connectivity index (χ0) is 18.8. The van der Waals surface area contributed by atoms with E-state index in [4.69, 9.17) is 0 Å². The molecule has 4 heteroatoms. The van der Waals surface area contributed by atoms with Crippen molar-refractivity contribution in [2.75, 3.05) is 18.1 Å². The number of rotatable bonds is 5. The summed E-state index contributed by atoms with van der Waals surface area (Å²) in [6.45, 7) is 3.78. The molecule has 1 aliphatic heterocycles. The second-order valence-corrected chi connectivity index (χ2v) is 7.49. The zero-order valence-corrected chi connectivity index (χ0v) is 16.0. The minimum absolute atomic E-state index is 0.898. The maximum absolute atomic E-state index is 3.64. The van der Waals surface area contributed by atoms with Gasteiger partial charge >= 0.3 is 5.95 Å². The van der Waals surface area contributed by atoms with Gasteiger partial charge in [0.1, 0.15) is 24.4 Å². The largest absolute Gasteiger partial charge is 0.360 e. The first kappa shape index (κ1) is 17.0. The van der Waals surface area contributed by atoms with Crippen LogP contribution in [0.4, 0.5) is 5.95 Å². The average Bonchev–Trinajstić information content (AvgIpc) is 3.13. The van der Waals surface area contributed by atoms with Crippen molar-refractivity contribution in [3.63, 3.8) is 0 Å². The van der Waals surface area contributed by atoms with Crippen molar-refractivity contribution in [2.45, 2.75) is 19.6 Å². The van der Waals surface area contributed by atoms with Crippen molar-refractivity contribution in [1.29, 1.82) is 0 Å². The van der Waals surface area contributed by atoms with Gasteiger partial charge in [0.05, 0.1) is 6.54 Å². The molecule has 28 heavy (non-hydrogen) atoms. The van der Waals surface area contributed by atoms with E-state index in [0.717, 1.165) is 32.8 Å². The molecule has 4 aromatic rings. The van der Waals surface area contributed by atoms with Crippen LogP contribution >= 0.6 is 0 Å². The van der Waals surface area contributed by atoms with Crippen LogP contribution in [0.1, 0.15) is 11.1 Å². The molecule has 0 spiro atoms. The average molecular weight is 369 g/mol. The van der Waals surface area contributed by atoms with Crippen LogP contribution in [0.15, 0.2) is 84.9 Å². The Morgan fingerprint density at radius 1 is 0.786 bits per heavy atom. The molecule has 3 aromatic carbocycles. The number of aromatic amines is 1. The molecule has 0 unspecified atom stereocenters. The van der Waals surface area contributed by atoms with Gasteiger partial charge in [0.2, 0.25) is 0 Å². The summed E-state index contributed by atoms with van der Waals surface area (Å²) >= 11 is 0. The Morgan fingerprint density at radius 2 is 1.46 bits per heavy atom. The lowest BCUT2D eigenvalue weighted by atomic mass is 10.1. The fraction of sp³-hybridized carbons (Fsp3) is 0.208. The smallest absolute Gasteiger partial charge is 0.247 e. The molecular formula is C24H25N4+. The maximum Gasteiger partial charge on any atom is 0.360 e. The van der Waals surface area contributed by atoms with Gasteiger partial charge in [-0.05, 0) is 29.7 Å². The van der Waals surface area contributed by atoms with E-state index in [-0.39, 0.29) is 0 Å². The number of hydrogen-bond donors (Lipinski definition) is 1. The van der Waals surface area contributed by atoms with Crippen molar-refractivity contribution < 1.29 is 4.57 Å². The van der Waals surface area contributed by atoms with Gasteiger partial charge in [0, 0.05) is 6.54 Å². The van der Waals surface area contributed by atoms with Crippen LogP contribution in [-0.4, -0.2) is 23.1 Å². The molecule has 0 aliphatic carbocycles. The van der Waals surface area contributed by atoms with Gasteiger partial charge in [-0.2, -0.15) is 0 Å². The van der Waals surface area contributed by atoms with Crippen LogP contribution in [-0.2, 0) is 19.6 Å². The van der Waals surface area contributed by atoms with Crippen molar-refractivity contribution in [1.82, 2.24) is 9.88 Å². The molecule has 0 saturated heterocycles. The molecule has 4 nitrogen and oxygen atoms in total. The summed E-state index contributed by atoms with van der Waals surface area (Å²) in [5, 5.41) is 0. The number of H-pyrrole nitrogens is 1. The number of aromatic nitrogens is 2. The number of nitrogens with zero attached hydrogens (tertiary/aromatic N) is 3. The van der Waals surface area contributed by atoms with Crippen molar-refractivity contribution in [3.8, 4) is 0 Å². The molecule has 1 aromatic heterocycles. The maximum atomic E-state index is 3.64. The van der Waals surface area contributed by atoms with Crippen molar-refractivity contribution in [2.24, 2.45) is 0 Å². The summed E-state index contributed by atoms with van der Waals surface area (Å²) in [6.07, 6.45) is 1.07. The second-order valence-electron chi connectivity index (χ2n) is 7.49. The first-order valence-corrected chi connectivity index (χ1v) is 9.92. The van der Waals surface area contributed by atoms with Gasteiger partial charge < -0.3 is 0 Å². The highest BCUT2D eigenvalue weighted by Gasteiger charge is 2.32. The molecule has 1 aliphatic rings. The number of para-hydroxylation sites is 2. The van der Waals surface area contributed by atoms with Gasteiger partial charge in [-0.15, -0.1) is 0 Å². The normalized spacial score (nSPS) is 14.4. The Bertz CT molecular complexity index is 1060. The summed E-state index contributed by atoms with van der Waals surface area (Å²) in [6, 6.07) is 30.1. The lowest BCUT2D eigenvalue weighted by Crippen LogP contribution is -2.57. The van der Waals surface area contributed by atoms with Gasteiger partial charge in [-0.1, -0.05) is 72.8 Å². The minimum atomic E-state index is 0.898. The topological polar surface area (TPSA) is 26.1 Å². The van der Waals surface area contributed by atoms with Crippen LogP contribution < -0.4 is 9.47 Å². The molecular weight excluding hydrogens is 344 g/mol. The van der Waals surface area contributed by atoms with Crippen LogP contribution in [0.3, 0.4) is 0 Å². The third kappa shape index (κ3) is 3.39. The predicted octanol–water partition coefficient (Wildman–Crippen LogP) is 3.94. The van der Waals surface area contributed by atoms with E-state index in [2.05, 4.69) is 104 Å².